The summed E-state index contributed by atoms with van der Waals surface area (Å²) in [7, 11) is 0. The van der Waals surface area contributed by atoms with Crippen LogP contribution in [-0.2, 0) is 5.41 Å². The Morgan fingerprint density at radius 3 is 1.80 bits per heavy atom. The number of rotatable bonds is 3. The van der Waals surface area contributed by atoms with Gasteiger partial charge in [0.1, 0.15) is 11.2 Å². The van der Waals surface area contributed by atoms with E-state index >= 15 is 0 Å². The van der Waals surface area contributed by atoms with E-state index in [1.54, 1.807) is 0 Å². The van der Waals surface area contributed by atoms with Gasteiger partial charge in [-0.1, -0.05) is 111 Å². The van der Waals surface area contributed by atoms with E-state index in [2.05, 4.69) is 68.4 Å². The average molecular weight is 516 g/mol. The van der Waals surface area contributed by atoms with Gasteiger partial charge in [0.25, 0.3) is 0 Å². The van der Waals surface area contributed by atoms with Crippen molar-refractivity contribution in [2.45, 2.75) is 19.3 Å². The summed E-state index contributed by atoms with van der Waals surface area (Å²) in [6.07, 6.45) is 0. The number of fused-ring (bicyclic) bond motifs is 7. The van der Waals surface area contributed by atoms with Crippen molar-refractivity contribution in [1.29, 1.82) is 0 Å². The molecule has 40 heavy (non-hydrogen) atoms. The van der Waals surface area contributed by atoms with Gasteiger partial charge in [-0.05, 0) is 40.5 Å². The van der Waals surface area contributed by atoms with Gasteiger partial charge in [0.05, 0.1) is 0 Å². The molecule has 0 aliphatic heterocycles. The summed E-state index contributed by atoms with van der Waals surface area (Å²) in [5, 5.41) is 2.27. The Labute approximate surface area is 232 Å². The molecule has 0 saturated carbocycles. The van der Waals surface area contributed by atoms with Crippen molar-refractivity contribution in [2.24, 2.45) is 0 Å². The van der Waals surface area contributed by atoms with Crippen molar-refractivity contribution in [3.63, 3.8) is 0 Å². The summed E-state index contributed by atoms with van der Waals surface area (Å²) in [6, 6.07) is 39.5. The van der Waals surface area contributed by atoms with E-state index in [1.165, 1.54) is 27.6 Å². The number of hydrogen-bond acceptors (Lipinski definition) is 4. The van der Waals surface area contributed by atoms with Gasteiger partial charge in [0, 0.05) is 32.9 Å². The fraction of sp³-hybridized carbons (Fsp3) is 0.0833. The number of nitrogens with zero attached hydrogens (tertiary/aromatic N) is 3. The van der Waals surface area contributed by atoms with Crippen LogP contribution in [0, 0.1) is 0 Å². The van der Waals surface area contributed by atoms with Gasteiger partial charge in [0.2, 0.25) is 0 Å². The summed E-state index contributed by atoms with van der Waals surface area (Å²) in [5.41, 5.74) is 9.71. The van der Waals surface area contributed by atoms with E-state index in [1.807, 2.05) is 60.7 Å². The van der Waals surface area contributed by atoms with Crippen molar-refractivity contribution in [3.05, 3.63) is 126 Å². The van der Waals surface area contributed by atoms with Crippen molar-refractivity contribution < 1.29 is 4.42 Å². The first kappa shape index (κ1) is 22.9. The molecule has 0 spiro atoms. The molecule has 0 unspecified atom stereocenters. The Balaban J connectivity index is 1.34. The lowest BCUT2D eigenvalue weighted by Gasteiger charge is -2.21. The Morgan fingerprint density at radius 2 is 1.12 bits per heavy atom. The summed E-state index contributed by atoms with van der Waals surface area (Å²) < 4.78 is 6.48. The fourth-order valence-corrected chi connectivity index (χ4v) is 6.14. The van der Waals surface area contributed by atoms with Crippen molar-refractivity contribution >= 4 is 21.9 Å². The van der Waals surface area contributed by atoms with Gasteiger partial charge in [-0.15, -0.1) is 0 Å². The minimum atomic E-state index is -0.0593. The largest absolute Gasteiger partial charge is 0.456 e. The Kier molecular flexibility index (Phi) is 4.83. The van der Waals surface area contributed by atoms with Crippen LogP contribution in [0.15, 0.2) is 120 Å². The van der Waals surface area contributed by atoms with Crippen molar-refractivity contribution in [3.8, 4) is 45.3 Å². The smallest absolute Gasteiger partial charge is 0.164 e. The van der Waals surface area contributed by atoms with Crippen LogP contribution in [0.25, 0.3) is 67.2 Å². The second-order valence-electron chi connectivity index (χ2n) is 10.9. The van der Waals surface area contributed by atoms with E-state index in [4.69, 9.17) is 19.4 Å². The third-order valence-electron chi connectivity index (χ3n) is 8.14. The van der Waals surface area contributed by atoms with Gasteiger partial charge < -0.3 is 4.42 Å². The minimum Gasteiger partial charge on any atom is -0.456 e. The average Bonchev–Trinajstić information content (AvgIpc) is 3.49. The highest BCUT2D eigenvalue weighted by Gasteiger charge is 2.37. The molecule has 0 bridgehead atoms. The summed E-state index contributed by atoms with van der Waals surface area (Å²) in [5.74, 6) is 1.91. The highest BCUT2D eigenvalue weighted by molar-refractivity contribution is 6.15. The number of furan rings is 1. The molecule has 0 amide bonds. The maximum atomic E-state index is 6.48. The van der Waals surface area contributed by atoms with Crippen LogP contribution >= 0.6 is 0 Å². The Hall–Kier alpha value is -5.09. The topological polar surface area (TPSA) is 51.8 Å². The molecule has 0 radical (unpaired) electrons. The zero-order valence-electron chi connectivity index (χ0n) is 22.2. The molecule has 8 rings (SSSR count). The van der Waals surface area contributed by atoms with Crippen LogP contribution in [0.1, 0.15) is 25.0 Å². The molecular weight excluding hydrogens is 490 g/mol. The molecule has 190 valence electrons. The number of aromatic nitrogens is 3. The normalized spacial score (nSPS) is 13.4. The first-order valence-corrected chi connectivity index (χ1v) is 13.5. The van der Waals surface area contributed by atoms with Crippen LogP contribution in [0.4, 0.5) is 0 Å². The second-order valence-corrected chi connectivity index (χ2v) is 10.9. The predicted octanol–water partition coefficient (Wildman–Crippen LogP) is 9.08. The first-order chi connectivity index (χ1) is 19.6. The van der Waals surface area contributed by atoms with Gasteiger partial charge in [0.15, 0.2) is 17.5 Å². The molecule has 4 nitrogen and oxygen atoms in total. The monoisotopic (exact) mass is 515 g/mol. The van der Waals surface area contributed by atoms with Gasteiger partial charge >= 0.3 is 0 Å². The molecule has 0 saturated heterocycles. The third kappa shape index (κ3) is 3.36. The maximum absolute atomic E-state index is 6.48. The van der Waals surface area contributed by atoms with Gasteiger partial charge in [-0.2, -0.15) is 0 Å². The lowest BCUT2D eigenvalue weighted by Crippen LogP contribution is -2.14. The minimum absolute atomic E-state index is 0.0593. The lowest BCUT2D eigenvalue weighted by atomic mass is 9.82. The molecule has 5 aromatic carbocycles. The van der Waals surface area contributed by atoms with E-state index in [-0.39, 0.29) is 5.41 Å². The van der Waals surface area contributed by atoms with E-state index < -0.39 is 0 Å². The van der Waals surface area contributed by atoms with E-state index in [0.717, 1.165) is 33.2 Å². The molecule has 4 heteroatoms. The highest BCUT2D eigenvalue weighted by Crippen LogP contribution is 2.52. The molecular formula is C36H25N3O. The molecule has 7 aromatic rings. The van der Waals surface area contributed by atoms with Crippen LogP contribution in [0.5, 0.6) is 0 Å². The molecule has 0 N–H and O–H groups in total. The molecule has 0 fully saturated rings. The Bertz CT molecular complexity index is 2020. The second kappa shape index (κ2) is 8.45. The van der Waals surface area contributed by atoms with Crippen LogP contribution in [-0.4, -0.2) is 15.0 Å². The van der Waals surface area contributed by atoms with Gasteiger partial charge in [-0.25, -0.2) is 15.0 Å². The summed E-state index contributed by atoms with van der Waals surface area (Å²) >= 11 is 0. The van der Waals surface area contributed by atoms with Crippen molar-refractivity contribution in [1.82, 2.24) is 15.0 Å². The van der Waals surface area contributed by atoms with Crippen LogP contribution in [0.3, 0.4) is 0 Å². The van der Waals surface area contributed by atoms with Crippen LogP contribution < -0.4 is 0 Å². The molecule has 1 aliphatic rings. The van der Waals surface area contributed by atoms with Crippen molar-refractivity contribution in [2.75, 3.05) is 0 Å². The third-order valence-corrected chi connectivity index (χ3v) is 8.14. The first-order valence-electron chi connectivity index (χ1n) is 13.5. The quantitative estimate of drug-likeness (QED) is 0.235. The Morgan fingerprint density at radius 1 is 0.525 bits per heavy atom. The molecule has 2 aromatic heterocycles. The zero-order chi connectivity index (χ0) is 26.8. The van der Waals surface area contributed by atoms with Crippen LogP contribution in [0.2, 0.25) is 0 Å². The summed E-state index contributed by atoms with van der Waals surface area (Å²) in [4.78, 5) is 14.6. The molecule has 0 atom stereocenters. The van der Waals surface area contributed by atoms with E-state index in [0.29, 0.717) is 17.5 Å². The fourth-order valence-electron chi connectivity index (χ4n) is 6.14. The molecule has 2 heterocycles. The van der Waals surface area contributed by atoms with E-state index in [9.17, 15) is 0 Å². The van der Waals surface area contributed by atoms with Gasteiger partial charge in [-0.3, -0.25) is 0 Å². The molecule has 1 aliphatic carbocycles. The lowest BCUT2D eigenvalue weighted by molar-refractivity contribution is 0.656. The standard InChI is InChI=1S/C36H25N3O/c1-36(2)27-16-10-9-15-25(27)31-28(36)19-20-29-32(31)26-18-17-24(21-30(26)40-29)35-38-33(22-11-5-3-6-12-22)37-34(39-35)23-13-7-4-8-14-23/h3-21H,1-2H3. The maximum Gasteiger partial charge on any atom is 0.164 e. The summed E-state index contributed by atoms with van der Waals surface area (Å²) in [6.45, 7) is 4.61. The highest BCUT2D eigenvalue weighted by atomic mass is 16.3. The predicted molar refractivity (Wildman–Crippen MR) is 161 cm³/mol. The number of benzene rings is 5. The SMILES string of the molecule is CC1(C)c2ccccc2-c2c1ccc1oc3cc(-c4nc(-c5ccccc5)nc(-c5ccccc5)n4)ccc3c21. The number of hydrogen-bond donors (Lipinski definition) is 0. The zero-order valence-corrected chi connectivity index (χ0v) is 22.2.